The molecule has 2 aromatic rings. The second-order valence-corrected chi connectivity index (χ2v) is 5.84. The first kappa shape index (κ1) is 16.1. The van der Waals surface area contributed by atoms with Gasteiger partial charge in [-0.2, -0.15) is 0 Å². The van der Waals surface area contributed by atoms with Crippen LogP contribution in [0.25, 0.3) is 6.08 Å². The lowest BCUT2D eigenvalue weighted by molar-refractivity contribution is -0.116. The normalized spacial score (nSPS) is 15.8. The Kier molecular flexibility index (Phi) is 5.15. The molecule has 2 amide bonds. The summed E-state index contributed by atoms with van der Waals surface area (Å²) in [5.41, 5.74) is 0.588. The van der Waals surface area contributed by atoms with Crippen molar-refractivity contribution in [2.24, 2.45) is 5.92 Å². The maximum absolute atomic E-state index is 12.2. The summed E-state index contributed by atoms with van der Waals surface area (Å²) in [5, 5.41) is 2.90. The second kappa shape index (κ2) is 7.68. The van der Waals surface area contributed by atoms with Crippen LogP contribution < -0.4 is 5.32 Å². The molecule has 1 saturated heterocycles. The maximum Gasteiger partial charge on any atom is 0.257 e. The van der Waals surface area contributed by atoms with Crippen LogP contribution in [0, 0.1) is 5.92 Å². The first-order valence-corrected chi connectivity index (χ1v) is 8.03. The summed E-state index contributed by atoms with van der Waals surface area (Å²) in [6.45, 7) is 2.02. The van der Waals surface area contributed by atoms with E-state index in [4.69, 9.17) is 8.83 Å². The molecule has 6 nitrogen and oxygen atoms in total. The minimum atomic E-state index is -0.136. The van der Waals surface area contributed by atoms with Gasteiger partial charge in [0.1, 0.15) is 12.0 Å². The Hall–Kier alpha value is -2.76. The molecule has 0 atom stereocenters. The zero-order chi connectivity index (χ0) is 16.8. The molecular weight excluding hydrogens is 308 g/mol. The van der Waals surface area contributed by atoms with Gasteiger partial charge in [-0.1, -0.05) is 0 Å². The Balaban J connectivity index is 1.39. The van der Waals surface area contributed by atoms with Crippen molar-refractivity contribution < 1.29 is 18.4 Å². The lowest BCUT2D eigenvalue weighted by Gasteiger charge is -2.31. The van der Waals surface area contributed by atoms with E-state index in [1.807, 2.05) is 4.90 Å². The minimum absolute atomic E-state index is 0.00705. The van der Waals surface area contributed by atoms with Gasteiger partial charge in [-0.3, -0.25) is 9.59 Å². The molecule has 0 saturated carbocycles. The molecule has 0 spiro atoms. The molecule has 1 aliphatic rings. The van der Waals surface area contributed by atoms with E-state index in [-0.39, 0.29) is 11.8 Å². The molecule has 1 N–H and O–H groups in total. The summed E-state index contributed by atoms with van der Waals surface area (Å²) >= 11 is 0. The van der Waals surface area contributed by atoms with Crippen LogP contribution in [0.3, 0.4) is 0 Å². The number of nitrogens with one attached hydrogen (secondary N) is 1. The maximum atomic E-state index is 12.2. The molecule has 126 valence electrons. The van der Waals surface area contributed by atoms with Crippen LogP contribution in [-0.2, 0) is 4.79 Å². The van der Waals surface area contributed by atoms with Gasteiger partial charge in [0, 0.05) is 25.7 Å². The summed E-state index contributed by atoms with van der Waals surface area (Å²) in [6, 6.07) is 5.24. The molecular formula is C18H20N2O4. The number of piperidine rings is 1. The zero-order valence-electron chi connectivity index (χ0n) is 13.3. The van der Waals surface area contributed by atoms with Gasteiger partial charge in [0.15, 0.2) is 0 Å². The minimum Gasteiger partial charge on any atom is -0.472 e. The lowest BCUT2D eigenvalue weighted by Crippen LogP contribution is -2.41. The molecule has 0 unspecified atom stereocenters. The van der Waals surface area contributed by atoms with E-state index in [0.29, 0.717) is 36.9 Å². The fraction of sp³-hybridized carbons (Fsp3) is 0.333. The largest absolute Gasteiger partial charge is 0.472 e. The van der Waals surface area contributed by atoms with Gasteiger partial charge in [0.05, 0.1) is 18.1 Å². The molecule has 0 aliphatic carbocycles. The Labute approximate surface area is 140 Å². The number of hydrogen-bond acceptors (Lipinski definition) is 4. The number of rotatable bonds is 5. The third-order valence-electron chi connectivity index (χ3n) is 4.18. The summed E-state index contributed by atoms with van der Waals surface area (Å²) in [4.78, 5) is 25.8. The van der Waals surface area contributed by atoms with Crippen molar-refractivity contribution in [3.8, 4) is 0 Å². The van der Waals surface area contributed by atoms with Gasteiger partial charge in [-0.15, -0.1) is 0 Å². The lowest BCUT2D eigenvalue weighted by atomic mass is 9.96. The standard InChI is InChI=1S/C18H20N2O4/c21-17(4-3-16-2-1-10-24-16)19-12-14-5-8-20(9-6-14)18(22)15-7-11-23-13-15/h1-4,7,10-11,13-14H,5-6,8-9,12H2,(H,19,21). The van der Waals surface area contributed by atoms with Crippen LogP contribution in [0.2, 0.25) is 0 Å². The van der Waals surface area contributed by atoms with Crippen molar-refractivity contribution in [2.75, 3.05) is 19.6 Å². The number of carbonyl (C=O) groups excluding carboxylic acids is 2. The number of hydrogen-bond donors (Lipinski definition) is 1. The van der Waals surface area contributed by atoms with Gasteiger partial charge >= 0.3 is 0 Å². The van der Waals surface area contributed by atoms with Crippen molar-refractivity contribution >= 4 is 17.9 Å². The fourth-order valence-corrected chi connectivity index (χ4v) is 2.76. The Bertz CT molecular complexity index is 681. The predicted octanol–water partition coefficient (Wildman–Crippen LogP) is 2.55. The third-order valence-corrected chi connectivity index (χ3v) is 4.18. The Morgan fingerprint density at radius 1 is 1.25 bits per heavy atom. The number of nitrogens with zero attached hydrogens (tertiary/aromatic N) is 1. The van der Waals surface area contributed by atoms with Crippen molar-refractivity contribution in [2.45, 2.75) is 12.8 Å². The van der Waals surface area contributed by atoms with E-state index in [1.54, 1.807) is 30.5 Å². The zero-order valence-corrected chi connectivity index (χ0v) is 13.3. The fourth-order valence-electron chi connectivity index (χ4n) is 2.76. The smallest absolute Gasteiger partial charge is 0.257 e. The summed E-state index contributed by atoms with van der Waals surface area (Å²) in [5.74, 6) is 0.909. The van der Waals surface area contributed by atoms with Crippen molar-refractivity contribution in [1.82, 2.24) is 10.2 Å². The van der Waals surface area contributed by atoms with Crippen molar-refractivity contribution in [1.29, 1.82) is 0 Å². The third kappa shape index (κ3) is 4.16. The van der Waals surface area contributed by atoms with Crippen LogP contribution in [-0.4, -0.2) is 36.3 Å². The number of furan rings is 2. The first-order valence-electron chi connectivity index (χ1n) is 8.03. The predicted molar refractivity (Wildman–Crippen MR) is 88.1 cm³/mol. The monoisotopic (exact) mass is 328 g/mol. The molecule has 0 radical (unpaired) electrons. The van der Waals surface area contributed by atoms with E-state index in [2.05, 4.69) is 5.32 Å². The summed E-state index contributed by atoms with van der Waals surface area (Å²) in [6.07, 6.45) is 9.41. The number of amides is 2. The molecule has 1 fully saturated rings. The highest BCUT2D eigenvalue weighted by Gasteiger charge is 2.24. The molecule has 3 heterocycles. The topological polar surface area (TPSA) is 75.7 Å². The van der Waals surface area contributed by atoms with Crippen LogP contribution >= 0.6 is 0 Å². The Morgan fingerprint density at radius 3 is 2.75 bits per heavy atom. The average Bonchev–Trinajstić information content (AvgIpc) is 3.31. The first-order chi connectivity index (χ1) is 11.7. The number of carbonyl (C=O) groups is 2. The molecule has 6 heteroatoms. The average molecular weight is 328 g/mol. The van der Waals surface area contributed by atoms with E-state index in [1.165, 1.54) is 18.6 Å². The van der Waals surface area contributed by atoms with Gasteiger partial charge < -0.3 is 19.1 Å². The molecule has 0 bridgehead atoms. The van der Waals surface area contributed by atoms with Gasteiger partial charge in [-0.25, -0.2) is 0 Å². The highest BCUT2D eigenvalue weighted by molar-refractivity contribution is 5.94. The van der Waals surface area contributed by atoms with Gasteiger partial charge in [0.25, 0.3) is 5.91 Å². The van der Waals surface area contributed by atoms with Crippen LogP contribution in [0.1, 0.15) is 29.0 Å². The molecule has 24 heavy (non-hydrogen) atoms. The molecule has 1 aliphatic heterocycles. The van der Waals surface area contributed by atoms with Gasteiger partial charge in [-0.05, 0) is 43.0 Å². The second-order valence-electron chi connectivity index (χ2n) is 5.84. The summed E-state index contributed by atoms with van der Waals surface area (Å²) < 4.78 is 10.1. The van der Waals surface area contributed by atoms with Crippen LogP contribution in [0.5, 0.6) is 0 Å². The van der Waals surface area contributed by atoms with E-state index >= 15 is 0 Å². The Morgan fingerprint density at radius 2 is 2.08 bits per heavy atom. The van der Waals surface area contributed by atoms with Crippen molar-refractivity contribution in [3.63, 3.8) is 0 Å². The van der Waals surface area contributed by atoms with E-state index in [0.717, 1.165) is 12.8 Å². The SMILES string of the molecule is O=C(C=Cc1ccco1)NCC1CCN(C(=O)c2ccoc2)CC1. The molecule has 3 rings (SSSR count). The highest BCUT2D eigenvalue weighted by atomic mass is 16.3. The van der Waals surface area contributed by atoms with Crippen LogP contribution in [0.4, 0.5) is 0 Å². The highest BCUT2D eigenvalue weighted by Crippen LogP contribution is 2.18. The van der Waals surface area contributed by atoms with Crippen LogP contribution in [0.15, 0.2) is 51.9 Å². The molecule has 2 aromatic heterocycles. The van der Waals surface area contributed by atoms with E-state index < -0.39 is 0 Å². The van der Waals surface area contributed by atoms with Crippen molar-refractivity contribution in [3.05, 3.63) is 54.4 Å². The molecule has 0 aromatic carbocycles. The van der Waals surface area contributed by atoms with Gasteiger partial charge in [0.2, 0.25) is 5.91 Å². The quantitative estimate of drug-likeness (QED) is 0.856. The summed E-state index contributed by atoms with van der Waals surface area (Å²) in [7, 11) is 0. The number of likely N-dealkylation sites (tertiary alicyclic amines) is 1. The van der Waals surface area contributed by atoms with E-state index in [9.17, 15) is 9.59 Å².